The fourth-order valence-electron chi connectivity index (χ4n) is 6.11. The number of hydrogen-bond acceptors (Lipinski definition) is 10. The van der Waals surface area contributed by atoms with Crippen LogP contribution in [0, 0.1) is 6.92 Å². The second kappa shape index (κ2) is 8.64. The predicted molar refractivity (Wildman–Crippen MR) is 149 cm³/mol. The maximum atomic E-state index is 13.8. The minimum absolute atomic E-state index is 0.0135. The average molecular weight is 564 g/mol. The van der Waals surface area contributed by atoms with Gasteiger partial charge in [0, 0.05) is 39.4 Å². The van der Waals surface area contributed by atoms with Crippen LogP contribution in [-0.2, 0) is 12.8 Å². The average Bonchev–Trinajstić information content (AvgIpc) is 2.98. The van der Waals surface area contributed by atoms with Crippen LogP contribution in [-0.4, -0.2) is 53.9 Å². The van der Waals surface area contributed by atoms with E-state index in [1.54, 1.807) is 24.4 Å². The highest BCUT2D eigenvalue weighted by Crippen LogP contribution is 2.54. The first-order valence-corrected chi connectivity index (χ1v) is 12.9. The second-order valence-corrected chi connectivity index (χ2v) is 10.2. The number of carbonyl (C=O) groups excluding carboxylic acids is 2. The molecular formula is C31H21N3O8. The summed E-state index contributed by atoms with van der Waals surface area (Å²) in [6.45, 7) is 1.40. The summed E-state index contributed by atoms with van der Waals surface area (Å²) in [6, 6.07) is 6.05. The van der Waals surface area contributed by atoms with Gasteiger partial charge in [-0.05, 0) is 49.6 Å². The molecule has 11 heteroatoms. The van der Waals surface area contributed by atoms with Gasteiger partial charge in [-0.2, -0.15) is 9.78 Å². The number of fused-ring (bicyclic) bond motifs is 6. The van der Waals surface area contributed by atoms with E-state index in [9.17, 15) is 34.8 Å². The van der Waals surface area contributed by atoms with Crippen molar-refractivity contribution in [2.45, 2.75) is 19.8 Å². The molecule has 2 aliphatic rings. The van der Waals surface area contributed by atoms with Gasteiger partial charge in [0.05, 0.1) is 47.3 Å². The SMILES string of the molecule is COc1c2c(c(O)c3c1C(=O)c1c(cc(O)c(C)c1O)C3=O)-c1c(cc3cnn(-c4cccnc4)c(=O)c3c1O)CC2. The first kappa shape index (κ1) is 25.3. The highest BCUT2D eigenvalue weighted by molar-refractivity contribution is 6.32. The van der Waals surface area contributed by atoms with E-state index >= 15 is 0 Å². The summed E-state index contributed by atoms with van der Waals surface area (Å²) < 4.78 is 6.75. The molecule has 7 rings (SSSR count). The van der Waals surface area contributed by atoms with Crippen molar-refractivity contribution in [3.8, 4) is 45.6 Å². The number of phenolic OH excluding ortho intramolecular Hbond substituents is 4. The normalized spacial score (nSPS) is 13.4. The van der Waals surface area contributed by atoms with Gasteiger partial charge in [0.2, 0.25) is 5.78 Å². The van der Waals surface area contributed by atoms with Crippen LogP contribution in [0.2, 0.25) is 0 Å². The van der Waals surface area contributed by atoms with Crippen LogP contribution in [0.4, 0.5) is 0 Å². The van der Waals surface area contributed by atoms with Crippen molar-refractivity contribution >= 4 is 22.3 Å². The molecule has 0 saturated heterocycles. The van der Waals surface area contributed by atoms with Gasteiger partial charge in [0.1, 0.15) is 28.7 Å². The van der Waals surface area contributed by atoms with Gasteiger partial charge >= 0.3 is 0 Å². The summed E-state index contributed by atoms with van der Waals surface area (Å²) in [5, 5.41) is 48.9. The summed E-state index contributed by atoms with van der Waals surface area (Å²) in [5.41, 5.74) is -0.282. The van der Waals surface area contributed by atoms with Crippen molar-refractivity contribution in [2.24, 2.45) is 0 Å². The number of phenols is 4. The van der Waals surface area contributed by atoms with Crippen LogP contribution in [0.1, 0.15) is 48.5 Å². The van der Waals surface area contributed by atoms with E-state index in [-0.39, 0.29) is 56.5 Å². The molecule has 0 amide bonds. The Morgan fingerprint density at radius 3 is 2.36 bits per heavy atom. The molecule has 0 atom stereocenters. The zero-order chi connectivity index (χ0) is 29.6. The molecule has 4 N–H and O–H groups in total. The summed E-state index contributed by atoms with van der Waals surface area (Å²) in [5.74, 6) is -3.50. The third kappa shape index (κ3) is 3.12. The highest BCUT2D eigenvalue weighted by atomic mass is 16.5. The number of pyridine rings is 1. The fraction of sp³-hybridized carbons (Fsp3) is 0.129. The zero-order valence-electron chi connectivity index (χ0n) is 22.2. The Bertz CT molecular complexity index is 2130. The quantitative estimate of drug-likeness (QED) is 0.244. The maximum absolute atomic E-state index is 13.8. The van der Waals surface area contributed by atoms with Crippen molar-refractivity contribution in [3.05, 3.63) is 92.2 Å². The minimum Gasteiger partial charge on any atom is -0.508 e. The molecule has 0 aliphatic heterocycles. The first-order valence-electron chi connectivity index (χ1n) is 12.9. The molecule has 2 aliphatic carbocycles. The lowest BCUT2D eigenvalue weighted by Gasteiger charge is -2.29. The number of aryl methyl sites for hydroxylation is 1. The fourth-order valence-corrected chi connectivity index (χ4v) is 6.11. The van der Waals surface area contributed by atoms with Crippen molar-refractivity contribution in [2.75, 3.05) is 7.11 Å². The van der Waals surface area contributed by atoms with Crippen molar-refractivity contribution in [1.82, 2.24) is 14.8 Å². The van der Waals surface area contributed by atoms with Crippen LogP contribution < -0.4 is 10.3 Å². The number of aromatic hydroxyl groups is 4. The van der Waals surface area contributed by atoms with Gasteiger partial charge in [-0.1, -0.05) is 0 Å². The molecule has 0 unspecified atom stereocenters. The monoisotopic (exact) mass is 563 g/mol. The Hall–Kier alpha value is -5.71. The van der Waals surface area contributed by atoms with Gasteiger partial charge in [-0.15, -0.1) is 0 Å². The van der Waals surface area contributed by atoms with E-state index in [0.29, 0.717) is 28.6 Å². The van der Waals surface area contributed by atoms with Gasteiger partial charge < -0.3 is 25.2 Å². The second-order valence-electron chi connectivity index (χ2n) is 10.2. The van der Waals surface area contributed by atoms with Crippen molar-refractivity contribution in [1.29, 1.82) is 0 Å². The molecule has 3 aromatic carbocycles. The third-order valence-corrected chi connectivity index (χ3v) is 8.10. The standard InChI is InChI=1S/C31H21N3O8/c1-12-18(35)9-17-22(25(12)36)29(40)24-23(26(17)37)28(39)21-16(30(24)42-2)6-5-13-8-14-10-33-34(15-4-3-7-32-11-15)31(41)20(14)27(38)19(13)21/h3-4,7-11,35-36,38-39H,5-6H2,1-2H3. The van der Waals surface area contributed by atoms with Crippen LogP contribution in [0.3, 0.4) is 0 Å². The first-order chi connectivity index (χ1) is 20.1. The van der Waals surface area contributed by atoms with E-state index in [0.717, 1.165) is 10.7 Å². The molecule has 208 valence electrons. The molecule has 11 nitrogen and oxygen atoms in total. The molecule has 42 heavy (non-hydrogen) atoms. The van der Waals surface area contributed by atoms with E-state index < -0.39 is 40.1 Å². The molecule has 0 bridgehead atoms. The zero-order valence-corrected chi connectivity index (χ0v) is 22.2. The van der Waals surface area contributed by atoms with E-state index in [1.165, 1.54) is 26.4 Å². The number of methoxy groups -OCH3 is 1. The lowest BCUT2D eigenvalue weighted by atomic mass is 9.75. The summed E-state index contributed by atoms with van der Waals surface area (Å²) >= 11 is 0. The number of benzene rings is 3. The molecule has 0 saturated carbocycles. The maximum Gasteiger partial charge on any atom is 0.283 e. The number of hydrogen-bond donors (Lipinski definition) is 4. The molecule has 2 aromatic heterocycles. The summed E-state index contributed by atoms with van der Waals surface area (Å²) in [7, 11) is 1.32. The number of rotatable bonds is 2. The van der Waals surface area contributed by atoms with Gasteiger partial charge in [0.25, 0.3) is 5.56 Å². The third-order valence-electron chi connectivity index (χ3n) is 8.10. The minimum atomic E-state index is -0.820. The molecular weight excluding hydrogens is 542 g/mol. The number of carbonyl (C=O) groups is 2. The Morgan fingerprint density at radius 1 is 0.857 bits per heavy atom. The van der Waals surface area contributed by atoms with Crippen LogP contribution in [0.25, 0.3) is 27.6 Å². The summed E-state index contributed by atoms with van der Waals surface area (Å²) in [6.07, 6.45) is 5.07. The predicted octanol–water partition coefficient (Wildman–Crippen LogP) is 3.46. The largest absolute Gasteiger partial charge is 0.508 e. The Balaban J connectivity index is 1.55. The van der Waals surface area contributed by atoms with Gasteiger partial charge in [-0.25, -0.2) is 0 Å². The molecule has 0 spiro atoms. The molecule has 2 heterocycles. The molecule has 5 aromatic rings. The lowest BCUT2D eigenvalue weighted by Crippen LogP contribution is -2.25. The Labute approximate surface area is 236 Å². The van der Waals surface area contributed by atoms with Crippen LogP contribution >= 0.6 is 0 Å². The summed E-state index contributed by atoms with van der Waals surface area (Å²) in [4.78, 5) is 45.2. The van der Waals surface area contributed by atoms with E-state index in [4.69, 9.17) is 4.74 Å². The molecule has 0 fully saturated rings. The van der Waals surface area contributed by atoms with Crippen molar-refractivity contribution in [3.63, 3.8) is 0 Å². The van der Waals surface area contributed by atoms with Gasteiger partial charge in [0.15, 0.2) is 5.78 Å². The van der Waals surface area contributed by atoms with E-state index in [1.807, 2.05) is 0 Å². The lowest BCUT2D eigenvalue weighted by molar-refractivity contribution is 0.0971. The van der Waals surface area contributed by atoms with Gasteiger partial charge in [-0.3, -0.25) is 19.4 Å². The number of ether oxygens (including phenoxy) is 1. The van der Waals surface area contributed by atoms with Crippen LogP contribution in [0.15, 0.2) is 47.7 Å². The van der Waals surface area contributed by atoms with Crippen molar-refractivity contribution < 1.29 is 34.8 Å². The number of nitrogens with zero attached hydrogens (tertiary/aromatic N) is 3. The number of aromatic nitrogens is 3. The Morgan fingerprint density at radius 2 is 1.64 bits per heavy atom. The van der Waals surface area contributed by atoms with E-state index in [2.05, 4.69) is 10.1 Å². The molecule has 0 radical (unpaired) electrons. The van der Waals surface area contributed by atoms with Crippen LogP contribution in [0.5, 0.6) is 28.7 Å². The highest BCUT2D eigenvalue weighted by Gasteiger charge is 2.42. The Kier molecular flexibility index (Phi) is 5.20. The smallest absolute Gasteiger partial charge is 0.283 e. The number of ketones is 2. The topological polar surface area (TPSA) is 172 Å².